The highest BCUT2D eigenvalue weighted by Crippen LogP contribution is 2.08. The summed E-state index contributed by atoms with van der Waals surface area (Å²) in [6.45, 7) is 1.06. The van der Waals surface area contributed by atoms with Gasteiger partial charge in [0.25, 0.3) is 0 Å². The lowest BCUT2D eigenvalue weighted by molar-refractivity contribution is 0.279. The van der Waals surface area contributed by atoms with E-state index in [2.05, 4.69) is 21.7 Å². The van der Waals surface area contributed by atoms with Crippen molar-refractivity contribution in [2.24, 2.45) is 0 Å². The largest absolute Gasteiger partial charge is 0.396 e. The topological polar surface area (TPSA) is 38.0 Å². The molecular weight excluding hydrogens is 200 g/mol. The second kappa shape index (κ2) is 5.47. The van der Waals surface area contributed by atoms with Crippen LogP contribution in [0.5, 0.6) is 0 Å². The average molecular weight is 216 g/mol. The Kier molecular flexibility index (Phi) is 3.72. The molecule has 0 radical (unpaired) electrons. The Bertz CT molecular complexity index is 423. The molecule has 0 aliphatic heterocycles. The van der Waals surface area contributed by atoms with Gasteiger partial charge in [0, 0.05) is 32.0 Å². The number of rotatable bonds is 5. The molecule has 0 aliphatic carbocycles. The Morgan fingerprint density at radius 1 is 1.19 bits per heavy atom. The van der Waals surface area contributed by atoms with Crippen LogP contribution in [-0.2, 0) is 13.0 Å². The van der Waals surface area contributed by atoms with E-state index in [1.807, 2.05) is 30.6 Å². The molecule has 2 aromatic rings. The van der Waals surface area contributed by atoms with Crippen molar-refractivity contribution in [1.82, 2.24) is 9.55 Å². The van der Waals surface area contributed by atoms with Crippen LogP contribution in [0.25, 0.3) is 0 Å². The maximum absolute atomic E-state index is 8.81. The van der Waals surface area contributed by atoms with Crippen molar-refractivity contribution in [3.8, 4) is 0 Å². The van der Waals surface area contributed by atoms with Gasteiger partial charge >= 0.3 is 0 Å². The van der Waals surface area contributed by atoms with Gasteiger partial charge in [0.05, 0.1) is 0 Å². The van der Waals surface area contributed by atoms with Crippen LogP contribution in [0.3, 0.4) is 0 Å². The van der Waals surface area contributed by atoms with E-state index in [-0.39, 0.29) is 6.61 Å². The number of aromatic nitrogens is 2. The van der Waals surface area contributed by atoms with Crippen molar-refractivity contribution in [3.63, 3.8) is 0 Å². The molecule has 1 aromatic carbocycles. The summed E-state index contributed by atoms with van der Waals surface area (Å²) in [5.41, 5.74) is 1.26. The number of nitrogens with zero attached hydrogens (tertiary/aromatic N) is 2. The number of imidazole rings is 1. The standard InChI is InChI=1S/C13H16N2O/c16-10-4-8-15-9-7-14-13(15)11-12-5-2-1-3-6-12/h1-3,5-7,9,16H,4,8,10-11H2. The monoisotopic (exact) mass is 216 g/mol. The number of aliphatic hydroxyl groups excluding tert-OH is 1. The Hall–Kier alpha value is -1.61. The second-order valence-electron chi connectivity index (χ2n) is 3.78. The molecule has 0 fully saturated rings. The van der Waals surface area contributed by atoms with E-state index in [9.17, 15) is 0 Å². The molecule has 84 valence electrons. The fourth-order valence-electron chi connectivity index (χ4n) is 1.73. The van der Waals surface area contributed by atoms with Gasteiger partial charge in [0.1, 0.15) is 5.82 Å². The zero-order chi connectivity index (χ0) is 11.2. The smallest absolute Gasteiger partial charge is 0.113 e. The fourth-order valence-corrected chi connectivity index (χ4v) is 1.73. The van der Waals surface area contributed by atoms with Crippen LogP contribution in [0.1, 0.15) is 17.8 Å². The summed E-state index contributed by atoms with van der Waals surface area (Å²) >= 11 is 0. The normalized spacial score (nSPS) is 10.6. The Morgan fingerprint density at radius 3 is 2.75 bits per heavy atom. The SMILES string of the molecule is OCCCn1ccnc1Cc1ccccc1. The lowest BCUT2D eigenvalue weighted by Crippen LogP contribution is -2.05. The molecule has 1 aromatic heterocycles. The lowest BCUT2D eigenvalue weighted by Gasteiger charge is -2.06. The summed E-state index contributed by atoms with van der Waals surface area (Å²) < 4.78 is 2.10. The van der Waals surface area contributed by atoms with E-state index in [0.29, 0.717) is 0 Å². The average Bonchev–Trinajstić information content (AvgIpc) is 2.75. The quantitative estimate of drug-likeness (QED) is 0.828. The van der Waals surface area contributed by atoms with Crippen LogP contribution < -0.4 is 0 Å². The third kappa shape index (κ3) is 2.70. The molecule has 0 bridgehead atoms. The summed E-state index contributed by atoms with van der Waals surface area (Å²) in [6, 6.07) is 10.3. The van der Waals surface area contributed by atoms with Crippen LogP contribution in [-0.4, -0.2) is 21.3 Å². The van der Waals surface area contributed by atoms with E-state index < -0.39 is 0 Å². The Balaban J connectivity index is 2.07. The zero-order valence-corrected chi connectivity index (χ0v) is 9.21. The third-order valence-corrected chi connectivity index (χ3v) is 2.56. The highest BCUT2D eigenvalue weighted by molar-refractivity contribution is 5.19. The number of hydrogen-bond acceptors (Lipinski definition) is 2. The number of aliphatic hydroxyl groups is 1. The lowest BCUT2D eigenvalue weighted by atomic mass is 10.1. The number of benzene rings is 1. The zero-order valence-electron chi connectivity index (χ0n) is 9.21. The number of hydrogen-bond donors (Lipinski definition) is 1. The first-order valence-electron chi connectivity index (χ1n) is 5.55. The molecule has 3 nitrogen and oxygen atoms in total. The van der Waals surface area contributed by atoms with E-state index in [4.69, 9.17) is 5.11 Å². The van der Waals surface area contributed by atoms with E-state index in [0.717, 1.165) is 25.2 Å². The van der Waals surface area contributed by atoms with E-state index in [1.54, 1.807) is 0 Å². The fraction of sp³-hybridized carbons (Fsp3) is 0.308. The maximum atomic E-state index is 8.81. The number of aryl methyl sites for hydroxylation is 1. The van der Waals surface area contributed by atoms with E-state index >= 15 is 0 Å². The molecule has 0 saturated carbocycles. The summed E-state index contributed by atoms with van der Waals surface area (Å²) in [6.07, 6.45) is 5.40. The molecular formula is C13H16N2O. The van der Waals surface area contributed by atoms with Gasteiger partial charge in [-0.25, -0.2) is 4.98 Å². The van der Waals surface area contributed by atoms with Crippen LogP contribution in [0.4, 0.5) is 0 Å². The molecule has 0 unspecified atom stereocenters. The molecule has 0 spiro atoms. The molecule has 1 N–H and O–H groups in total. The van der Waals surface area contributed by atoms with Crippen molar-refractivity contribution in [1.29, 1.82) is 0 Å². The Morgan fingerprint density at radius 2 is 2.00 bits per heavy atom. The first-order valence-corrected chi connectivity index (χ1v) is 5.55. The highest BCUT2D eigenvalue weighted by Gasteiger charge is 2.03. The molecule has 0 amide bonds. The third-order valence-electron chi connectivity index (χ3n) is 2.56. The second-order valence-corrected chi connectivity index (χ2v) is 3.78. The summed E-state index contributed by atoms with van der Waals surface area (Å²) in [5, 5.41) is 8.81. The van der Waals surface area contributed by atoms with Gasteiger partial charge in [-0.2, -0.15) is 0 Å². The van der Waals surface area contributed by atoms with Gasteiger partial charge in [0.2, 0.25) is 0 Å². The highest BCUT2D eigenvalue weighted by atomic mass is 16.3. The molecule has 3 heteroatoms. The van der Waals surface area contributed by atoms with Gasteiger partial charge in [-0.3, -0.25) is 0 Å². The van der Waals surface area contributed by atoms with Gasteiger partial charge in [-0.05, 0) is 12.0 Å². The first kappa shape index (κ1) is 10.9. The van der Waals surface area contributed by atoms with Gasteiger partial charge in [-0.15, -0.1) is 0 Å². The minimum atomic E-state index is 0.225. The van der Waals surface area contributed by atoms with Crippen LogP contribution in [0, 0.1) is 0 Å². The van der Waals surface area contributed by atoms with Crippen molar-refractivity contribution in [3.05, 3.63) is 54.1 Å². The van der Waals surface area contributed by atoms with Gasteiger partial charge in [0.15, 0.2) is 0 Å². The van der Waals surface area contributed by atoms with Crippen molar-refractivity contribution in [2.75, 3.05) is 6.61 Å². The molecule has 0 saturated heterocycles. The maximum Gasteiger partial charge on any atom is 0.113 e. The van der Waals surface area contributed by atoms with Crippen molar-refractivity contribution in [2.45, 2.75) is 19.4 Å². The predicted octanol–water partition coefficient (Wildman–Crippen LogP) is 1.86. The molecule has 2 rings (SSSR count). The first-order chi connectivity index (χ1) is 7.90. The van der Waals surface area contributed by atoms with Gasteiger partial charge < -0.3 is 9.67 Å². The summed E-state index contributed by atoms with van der Waals surface area (Å²) in [4.78, 5) is 4.35. The molecule has 16 heavy (non-hydrogen) atoms. The molecule has 1 heterocycles. The van der Waals surface area contributed by atoms with Crippen molar-refractivity contribution < 1.29 is 5.11 Å². The summed E-state index contributed by atoms with van der Waals surface area (Å²) in [7, 11) is 0. The van der Waals surface area contributed by atoms with Crippen LogP contribution >= 0.6 is 0 Å². The minimum Gasteiger partial charge on any atom is -0.396 e. The summed E-state index contributed by atoms with van der Waals surface area (Å²) in [5.74, 6) is 1.06. The molecule has 0 atom stereocenters. The minimum absolute atomic E-state index is 0.225. The van der Waals surface area contributed by atoms with Gasteiger partial charge in [-0.1, -0.05) is 30.3 Å². The molecule has 0 aliphatic rings. The Labute approximate surface area is 95.4 Å². The van der Waals surface area contributed by atoms with Crippen LogP contribution in [0.2, 0.25) is 0 Å². The van der Waals surface area contributed by atoms with E-state index in [1.165, 1.54) is 5.56 Å². The predicted molar refractivity (Wildman–Crippen MR) is 63.2 cm³/mol. The van der Waals surface area contributed by atoms with Crippen molar-refractivity contribution >= 4 is 0 Å². The van der Waals surface area contributed by atoms with Crippen LogP contribution in [0.15, 0.2) is 42.7 Å².